The molecule has 0 heterocycles. The van der Waals surface area contributed by atoms with Crippen molar-refractivity contribution < 1.29 is 13.2 Å². The summed E-state index contributed by atoms with van der Waals surface area (Å²) in [6.07, 6.45) is 2.08. The molecule has 0 spiro atoms. The molecule has 0 unspecified atom stereocenters. The molecule has 0 aromatic heterocycles. The summed E-state index contributed by atoms with van der Waals surface area (Å²) in [5.41, 5.74) is 6.67. The summed E-state index contributed by atoms with van der Waals surface area (Å²) in [4.78, 5) is 11.8. The molecule has 1 amide bonds. The molecule has 100 valence electrons. The number of hydrogen-bond donors (Lipinski definition) is 2. The first-order valence-electron chi connectivity index (χ1n) is 5.65. The van der Waals surface area contributed by atoms with Crippen LogP contribution in [0.5, 0.6) is 0 Å². The maximum atomic E-state index is 11.6. The van der Waals surface area contributed by atoms with E-state index in [4.69, 9.17) is 5.73 Å². The third-order valence-electron chi connectivity index (χ3n) is 2.52. The molecule has 0 aliphatic heterocycles. The van der Waals surface area contributed by atoms with Gasteiger partial charge in [-0.25, -0.2) is 8.42 Å². The zero-order valence-electron chi connectivity index (χ0n) is 10.6. The SMILES string of the molecule is Cc1ccc(S(C)(=O)=O)cc1NC(=O)CCCN. The van der Waals surface area contributed by atoms with Crippen LogP contribution in [0.25, 0.3) is 0 Å². The lowest BCUT2D eigenvalue weighted by molar-refractivity contribution is -0.116. The monoisotopic (exact) mass is 270 g/mol. The Labute approximate surface area is 107 Å². The summed E-state index contributed by atoms with van der Waals surface area (Å²) in [5.74, 6) is -0.158. The van der Waals surface area contributed by atoms with Crippen LogP contribution in [-0.4, -0.2) is 27.1 Å². The molecule has 0 aliphatic carbocycles. The highest BCUT2D eigenvalue weighted by molar-refractivity contribution is 7.90. The minimum Gasteiger partial charge on any atom is -0.330 e. The van der Waals surface area contributed by atoms with Crippen LogP contribution < -0.4 is 11.1 Å². The van der Waals surface area contributed by atoms with Gasteiger partial charge in [-0.05, 0) is 37.6 Å². The van der Waals surface area contributed by atoms with Crippen molar-refractivity contribution in [2.24, 2.45) is 5.73 Å². The normalized spacial score (nSPS) is 11.3. The number of carbonyl (C=O) groups is 1. The molecule has 1 aromatic rings. The number of aryl methyl sites for hydroxylation is 1. The van der Waals surface area contributed by atoms with Gasteiger partial charge in [-0.15, -0.1) is 0 Å². The van der Waals surface area contributed by atoms with Crippen molar-refractivity contribution in [3.05, 3.63) is 23.8 Å². The number of hydrogen-bond acceptors (Lipinski definition) is 4. The molecule has 0 aliphatic rings. The van der Waals surface area contributed by atoms with Crippen molar-refractivity contribution >= 4 is 21.4 Å². The van der Waals surface area contributed by atoms with E-state index in [0.717, 1.165) is 11.8 Å². The van der Waals surface area contributed by atoms with Gasteiger partial charge >= 0.3 is 0 Å². The minimum atomic E-state index is -3.27. The average molecular weight is 270 g/mol. The fraction of sp³-hybridized carbons (Fsp3) is 0.417. The molecular formula is C12H18N2O3S. The van der Waals surface area contributed by atoms with Gasteiger partial charge in [0, 0.05) is 18.4 Å². The van der Waals surface area contributed by atoms with Gasteiger partial charge in [0.05, 0.1) is 4.90 Å². The predicted molar refractivity (Wildman–Crippen MR) is 71.2 cm³/mol. The van der Waals surface area contributed by atoms with E-state index in [9.17, 15) is 13.2 Å². The molecule has 5 nitrogen and oxygen atoms in total. The lowest BCUT2D eigenvalue weighted by Gasteiger charge is -2.09. The molecule has 0 bridgehead atoms. The van der Waals surface area contributed by atoms with E-state index in [1.54, 1.807) is 6.07 Å². The second-order valence-corrected chi connectivity index (χ2v) is 6.21. The van der Waals surface area contributed by atoms with Crippen LogP contribution in [0, 0.1) is 6.92 Å². The van der Waals surface area contributed by atoms with Gasteiger partial charge in [0.25, 0.3) is 0 Å². The summed E-state index contributed by atoms with van der Waals surface area (Å²) in [5, 5.41) is 2.70. The number of rotatable bonds is 5. The van der Waals surface area contributed by atoms with Gasteiger partial charge in [0.1, 0.15) is 0 Å². The molecule has 18 heavy (non-hydrogen) atoms. The first-order chi connectivity index (χ1) is 8.34. The zero-order valence-corrected chi connectivity index (χ0v) is 11.4. The smallest absolute Gasteiger partial charge is 0.224 e. The van der Waals surface area contributed by atoms with Gasteiger partial charge in [-0.2, -0.15) is 0 Å². The van der Waals surface area contributed by atoms with Gasteiger partial charge < -0.3 is 11.1 Å². The van der Waals surface area contributed by atoms with Crippen molar-refractivity contribution in [1.82, 2.24) is 0 Å². The van der Waals surface area contributed by atoms with Crippen molar-refractivity contribution in [1.29, 1.82) is 0 Å². The number of sulfone groups is 1. The standard InChI is InChI=1S/C12H18N2O3S/c1-9-5-6-10(18(2,16)17)8-11(9)14-12(15)4-3-7-13/h5-6,8H,3-4,7,13H2,1-2H3,(H,14,15). The maximum absolute atomic E-state index is 11.6. The molecule has 3 N–H and O–H groups in total. The summed E-state index contributed by atoms with van der Waals surface area (Å²) in [7, 11) is -3.27. The van der Waals surface area contributed by atoms with Crippen LogP contribution in [0.15, 0.2) is 23.1 Å². The average Bonchev–Trinajstić information content (AvgIpc) is 2.28. The van der Waals surface area contributed by atoms with E-state index in [0.29, 0.717) is 25.1 Å². The van der Waals surface area contributed by atoms with E-state index < -0.39 is 9.84 Å². The second-order valence-electron chi connectivity index (χ2n) is 4.19. The third kappa shape index (κ3) is 4.12. The molecule has 0 saturated heterocycles. The number of nitrogens with two attached hydrogens (primary N) is 1. The van der Waals surface area contributed by atoms with Crippen molar-refractivity contribution in [2.45, 2.75) is 24.7 Å². The fourth-order valence-corrected chi connectivity index (χ4v) is 2.09. The minimum absolute atomic E-state index is 0.158. The largest absolute Gasteiger partial charge is 0.330 e. The van der Waals surface area contributed by atoms with E-state index in [1.807, 2.05) is 6.92 Å². The molecule has 0 radical (unpaired) electrons. The number of amides is 1. The van der Waals surface area contributed by atoms with E-state index in [1.165, 1.54) is 12.1 Å². The van der Waals surface area contributed by atoms with Crippen LogP contribution >= 0.6 is 0 Å². The Morgan fingerprint density at radius 2 is 2.06 bits per heavy atom. The quantitative estimate of drug-likeness (QED) is 0.837. The third-order valence-corrected chi connectivity index (χ3v) is 3.63. The maximum Gasteiger partial charge on any atom is 0.224 e. The summed E-state index contributed by atoms with van der Waals surface area (Å²) >= 11 is 0. The van der Waals surface area contributed by atoms with Gasteiger partial charge in [0.2, 0.25) is 5.91 Å². The summed E-state index contributed by atoms with van der Waals surface area (Å²) in [6, 6.07) is 4.68. The van der Waals surface area contributed by atoms with Crippen molar-refractivity contribution in [3.63, 3.8) is 0 Å². The molecule has 0 atom stereocenters. The summed E-state index contributed by atoms with van der Waals surface area (Å²) in [6.45, 7) is 2.26. The van der Waals surface area contributed by atoms with E-state index in [-0.39, 0.29) is 10.8 Å². The number of carbonyl (C=O) groups excluding carboxylic acids is 1. The first kappa shape index (κ1) is 14.7. The van der Waals surface area contributed by atoms with Gasteiger partial charge in [0.15, 0.2) is 9.84 Å². The molecule has 1 aromatic carbocycles. The number of anilines is 1. The van der Waals surface area contributed by atoms with E-state index >= 15 is 0 Å². The molecule has 0 saturated carbocycles. The highest BCUT2D eigenvalue weighted by Crippen LogP contribution is 2.20. The Morgan fingerprint density at radius 1 is 1.39 bits per heavy atom. The van der Waals surface area contributed by atoms with Crippen molar-refractivity contribution in [3.8, 4) is 0 Å². The number of benzene rings is 1. The Bertz CT molecular complexity index is 538. The van der Waals surface area contributed by atoms with Gasteiger partial charge in [-0.1, -0.05) is 6.07 Å². The van der Waals surface area contributed by atoms with Crippen LogP contribution in [-0.2, 0) is 14.6 Å². The van der Waals surface area contributed by atoms with Crippen molar-refractivity contribution in [2.75, 3.05) is 18.1 Å². The molecule has 1 rings (SSSR count). The predicted octanol–water partition coefficient (Wildman–Crippen LogP) is 1.08. The lowest BCUT2D eigenvalue weighted by atomic mass is 10.2. The summed E-state index contributed by atoms with van der Waals surface area (Å²) < 4.78 is 22.8. The van der Waals surface area contributed by atoms with E-state index in [2.05, 4.69) is 5.32 Å². The van der Waals surface area contributed by atoms with Crippen LogP contribution in [0.4, 0.5) is 5.69 Å². The fourth-order valence-electron chi connectivity index (χ4n) is 1.44. The zero-order chi connectivity index (χ0) is 13.8. The van der Waals surface area contributed by atoms with Crippen LogP contribution in [0.3, 0.4) is 0 Å². The molecular weight excluding hydrogens is 252 g/mol. The Morgan fingerprint density at radius 3 is 2.61 bits per heavy atom. The lowest BCUT2D eigenvalue weighted by Crippen LogP contribution is -2.14. The highest BCUT2D eigenvalue weighted by Gasteiger charge is 2.11. The first-order valence-corrected chi connectivity index (χ1v) is 7.54. The topological polar surface area (TPSA) is 89.3 Å². The van der Waals surface area contributed by atoms with Crippen LogP contribution in [0.1, 0.15) is 18.4 Å². The molecule has 0 fully saturated rings. The Kier molecular flexibility index (Phi) is 4.86. The highest BCUT2D eigenvalue weighted by atomic mass is 32.2. The van der Waals surface area contributed by atoms with Gasteiger partial charge in [-0.3, -0.25) is 4.79 Å². The Hall–Kier alpha value is -1.40. The molecule has 6 heteroatoms. The number of nitrogens with one attached hydrogen (secondary N) is 1. The Balaban J connectivity index is 2.92. The second kappa shape index (κ2) is 5.97. The van der Waals surface area contributed by atoms with Crippen LogP contribution in [0.2, 0.25) is 0 Å².